The van der Waals surface area contributed by atoms with Crippen LogP contribution in [0.1, 0.15) is 24.5 Å². The highest BCUT2D eigenvalue weighted by molar-refractivity contribution is 5.90. The van der Waals surface area contributed by atoms with Gasteiger partial charge >= 0.3 is 0 Å². The molecule has 0 bridgehead atoms. The van der Waals surface area contributed by atoms with E-state index in [1.54, 1.807) is 0 Å². The zero-order valence-electron chi connectivity index (χ0n) is 8.21. The molecule has 2 heteroatoms. The van der Waals surface area contributed by atoms with Crippen LogP contribution in [0.5, 0.6) is 0 Å². The first-order valence-corrected chi connectivity index (χ1v) is 4.83. The molecule has 1 aromatic rings. The number of hydrogen-bond donors (Lipinski definition) is 1. The van der Waals surface area contributed by atoms with Gasteiger partial charge in [-0.3, -0.25) is 4.79 Å². The van der Waals surface area contributed by atoms with E-state index in [0.717, 1.165) is 18.5 Å². The van der Waals surface area contributed by atoms with Gasteiger partial charge in [-0.15, -0.1) is 0 Å². The zero-order valence-corrected chi connectivity index (χ0v) is 8.21. The van der Waals surface area contributed by atoms with Crippen LogP contribution in [-0.2, 0) is 11.2 Å². The molecule has 0 radical (unpaired) electrons. The van der Waals surface area contributed by atoms with E-state index in [1.807, 2.05) is 12.1 Å². The average Bonchev–Trinajstić information content (AvgIpc) is 2.18. The van der Waals surface area contributed by atoms with Gasteiger partial charge < -0.3 is 5.32 Å². The highest BCUT2D eigenvalue weighted by atomic mass is 16.1. The summed E-state index contributed by atoms with van der Waals surface area (Å²) in [4.78, 5) is 11.0. The van der Waals surface area contributed by atoms with Crippen molar-refractivity contribution in [1.29, 1.82) is 0 Å². The lowest BCUT2D eigenvalue weighted by Crippen LogP contribution is -2.09. The predicted octanol–water partition coefficient (Wildman–Crippen LogP) is 2.60. The normalized spacial score (nSPS) is 13.5. The van der Waals surface area contributed by atoms with Gasteiger partial charge in [0, 0.05) is 12.6 Å². The molecule has 0 aromatic heterocycles. The summed E-state index contributed by atoms with van der Waals surface area (Å²) in [5.41, 5.74) is 3.44. The minimum atomic E-state index is -0.00652. The van der Waals surface area contributed by atoms with E-state index in [9.17, 15) is 4.79 Å². The summed E-state index contributed by atoms with van der Waals surface area (Å²) in [6.07, 6.45) is 6.36. The number of rotatable bonds is 1. The molecule has 1 aliphatic rings. The highest BCUT2D eigenvalue weighted by Crippen LogP contribution is 2.26. The first-order valence-electron chi connectivity index (χ1n) is 4.83. The van der Waals surface area contributed by atoms with Gasteiger partial charge in [0.25, 0.3) is 0 Å². The number of allylic oxidation sites excluding steroid dienone is 1. The maximum Gasteiger partial charge on any atom is 0.221 e. The van der Waals surface area contributed by atoms with Crippen molar-refractivity contribution in [1.82, 2.24) is 0 Å². The third-order valence-electron chi connectivity index (χ3n) is 2.38. The lowest BCUT2D eigenvalue weighted by atomic mass is 9.96. The van der Waals surface area contributed by atoms with Crippen molar-refractivity contribution < 1.29 is 4.79 Å². The Morgan fingerprint density at radius 1 is 1.43 bits per heavy atom. The largest absolute Gasteiger partial charge is 0.326 e. The molecule has 1 amide bonds. The van der Waals surface area contributed by atoms with Gasteiger partial charge in [0.2, 0.25) is 5.91 Å². The lowest BCUT2D eigenvalue weighted by molar-refractivity contribution is -0.114. The van der Waals surface area contributed by atoms with E-state index in [4.69, 9.17) is 0 Å². The molecule has 0 saturated heterocycles. The molecule has 2 rings (SSSR count). The topological polar surface area (TPSA) is 29.1 Å². The van der Waals surface area contributed by atoms with Crippen LogP contribution < -0.4 is 5.32 Å². The van der Waals surface area contributed by atoms with E-state index in [1.165, 1.54) is 18.1 Å². The number of hydrogen-bond acceptors (Lipinski definition) is 1. The van der Waals surface area contributed by atoms with Gasteiger partial charge in [-0.1, -0.05) is 24.3 Å². The number of carbonyl (C=O) groups is 1. The average molecular weight is 187 g/mol. The Morgan fingerprint density at radius 2 is 2.29 bits per heavy atom. The van der Waals surface area contributed by atoms with Crippen molar-refractivity contribution in [3.63, 3.8) is 0 Å². The third-order valence-corrected chi connectivity index (χ3v) is 2.38. The number of fused-ring (bicyclic) bond motifs is 1. The van der Waals surface area contributed by atoms with Crippen molar-refractivity contribution in [2.45, 2.75) is 19.8 Å². The third kappa shape index (κ3) is 1.69. The summed E-state index contributed by atoms with van der Waals surface area (Å²) >= 11 is 0. The number of carbonyl (C=O) groups excluding carboxylic acids is 1. The van der Waals surface area contributed by atoms with Gasteiger partial charge in [-0.25, -0.2) is 0 Å². The zero-order chi connectivity index (χ0) is 9.97. The molecule has 0 spiro atoms. The molecule has 1 aliphatic carbocycles. The molecule has 0 heterocycles. The van der Waals surface area contributed by atoms with E-state index in [2.05, 4.69) is 23.5 Å². The first kappa shape index (κ1) is 9.00. The Kier molecular flexibility index (Phi) is 2.35. The van der Waals surface area contributed by atoms with E-state index in [-0.39, 0.29) is 5.91 Å². The van der Waals surface area contributed by atoms with Crippen LogP contribution in [-0.4, -0.2) is 5.91 Å². The van der Waals surface area contributed by atoms with Crippen molar-refractivity contribution in [3.8, 4) is 0 Å². The van der Waals surface area contributed by atoms with Gasteiger partial charge in [0.1, 0.15) is 0 Å². The van der Waals surface area contributed by atoms with Crippen molar-refractivity contribution >= 4 is 17.7 Å². The Hall–Kier alpha value is -1.57. The summed E-state index contributed by atoms with van der Waals surface area (Å²) in [6, 6.07) is 6.01. The fraction of sp³-hybridized carbons (Fsp3) is 0.250. The van der Waals surface area contributed by atoms with Crippen LogP contribution in [0, 0.1) is 0 Å². The fourth-order valence-corrected chi connectivity index (χ4v) is 1.78. The molecule has 0 aliphatic heterocycles. The molecule has 14 heavy (non-hydrogen) atoms. The Morgan fingerprint density at radius 3 is 3.07 bits per heavy atom. The summed E-state index contributed by atoms with van der Waals surface area (Å²) < 4.78 is 0. The Bertz CT molecular complexity index is 393. The number of nitrogens with one attached hydrogen (secondary N) is 1. The molecular formula is C12H13NO. The second kappa shape index (κ2) is 3.66. The minimum absolute atomic E-state index is 0.00652. The van der Waals surface area contributed by atoms with Crippen LogP contribution in [0.3, 0.4) is 0 Å². The SMILES string of the molecule is CC(=O)Nc1cccc2c1CCC=C2. The highest BCUT2D eigenvalue weighted by Gasteiger charge is 2.09. The lowest BCUT2D eigenvalue weighted by Gasteiger charge is -2.15. The van der Waals surface area contributed by atoms with Crippen LogP contribution in [0.15, 0.2) is 24.3 Å². The van der Waals surface area contributed by atoms with Gasteiger partial charge in [-0.2, -0.15) is 0 Å². The predicted molar refractivity (Wildman–Crippen MR) is 58.1 cm³/mol. The molecule has 0 atom stereocenters. The van der Waals surface area contributed by atoms with Gasteiger partial charge in [-0.05, 0) is 30.0 Å². The smallest absolute Gasteiger partial charge is 0.221 e. The molecule has 72 valence electrons. The van der Waals surface area contributed by atoms with Crippen molar-refractivity contribution in [3.05, 3.63) is 35.4 Å². The first-order chi connectivity index (χ1) is 6.77. The van der Waals surface area contributed by atoms with Crippen molar-refractivity contribution in [2.75, 3.05) is 5.32 Å². The van der Waals surface area contributed by atoms with Crippen molar-refractivity contribution in [2.24, 2.45) is 0 Å². The monoisotopic (exact) mass is 187 g/mol. The summed E-state index contributed by atoms with van der Waals surface area (Å²) in [7, 11) is 0. The van der Waals surface area contributed by atoms with E-state index >= 15 is 0 Å². The van der Waals surface area contributed by atoms with Crippen LogP contribution in [0.25, 0.3) is 6.08 Å². The molecule has 0 saturated carbocycles. The van der Waals surface area contributed by atoms with E-state index in [0.29, 0.717) is 0 Å². The number of benzene rings is 1. The maximum absolute atomic E-state index is 11.0. The van der Waals surface area contributed by atoms with Crippen LogP contribution >= 0.6 is 0 Å². The summed E-state index contributed by atoms with van der Waals surface area (Å²) in [5, 5.41) is 2.86. The number of amides is 1. The van der Waals surface area contributed by atoms with Crippen LogP contribution in [0.4, 0.5) is 5.69 Å². The van der Waals surface area contributed by atoms with Crippen LogP contribution in [0.2, 0.25) is 0 Å². The standard InChI is InChI=1S/C12H13NO/c1-9(14)13-12-8-4-6-10-5-2-3-7-11(10)12/h2,4-6,8H,3,7H2,1H3,(H,13,14). The second-order valence-electron chi connectivity index (χ2n) is 3.50. The Labute approximate surface area is 83.6 Å². The molecule has 1 N–H and O–H groups in total. The van der Waals surface area contributed by atoms with E-state index < -0.39 is 0 Å². The van der Waals surface area contributed by atoms with Gasteiger partial charge in [0.15, 0.2) is 0 Å². The molecule has 0 fully saturated rings. The molecular weight excluding hydrogens is 174 g/mol. The molecule has 0 unspecified atom stereocenters. The van der Waals surface area contributed by atoms with Gasteiger partial charge in [0.05, 0.1) is 0 Å². The molecule has 2 nitrogen and oxygen atoms in total. The number of anilines is 1. The Balaban J connectivity index is 2.41. The molecule has 1 aromatic carbocycles. The quantitative estimate of drug-likeness (QED) is 0.719. The minimum Gasteiger partial charge on any atom is -0.326 e. The summed E-state index contributed by atoms with van der Waals surface area (Å²) in [5.74, 6) is -0.00652. The summed E-state index contributed by atoms with van der Waals surface area (Å²) in [6.45, 7) is 1.54. The maximum atomic E-state index is 11.0. The fourth-order valence-electron chi connectivity index (χ4n) is 1.78. The second-order valence-corrected chi connectivity index (χ2v) is 3.50.